The van der Waals surface area contributed by atoms with Gasteiger partial charge in [-0.05, 0) is 49.1 Å². The lowest BCUT2D eigenvalue weighted by Gasteiger charge is -2.47. The Bertz CT molecular complexity index is 743. The Labute approximate surface area is 144 Å². The molecule has 2 bridgehead atoms. The predicted molar refractivity (Wildman–Crippen MR) is 88.1 cm³/mol. The molecule has 3 aliphatic carbocycles. The van der Waals surface area contributed by atoms with Crippen LogP contribution in [0.15, 0.2) is 24.8 Å². The van der Waals surface area contributed by atoms with Crippen LogP contribution in [-0.2, 0) is 4.79 Å². The van der Waals surface area contributed by atoms with Crippen molar-refractivity contribution in [3.63, 3.8) is 0 Å². The molecule has 2 N–H and O–H groups in total. The van der Waals surface area contributed by atoms with Crippen LogP contribution in [0.1, 0.15) is 25.7 Å². The number of anilines is 1. The zero-order valence-corrected chi connectivity index (χ0v) is 13.7. The van der Waals surface area contributed by atoms with Crippen LogP contribution in [0.2, 0.25) is 5.28 Å². The van der Waals surface area contributed by atoms with Gasteiger partial charge in [0.15, 0.2) is 0 Å². The van der Waals surface area contributed by atoms with Crippen molar-refractivity contribution in [1.29, 1.82) is 0 Å². The van der Waals surface area contributed by atoms with Crippen molar-refractivity contribution in [2.24, 2.45) is 17.8 Å². The number of carboxylic acid groups (broad SMARTS) is 1. The van der Waals surface area contributed by atoms with Gasteiger partial charge in [-0.25, -0.2) is 9.97 Å². The van der Waals surface area contributed by atoms with Gasteiger partial charge in [-0.2, -0.15) is 4.98 Å². The van der Waals surface area contributed by atoms with E-state index in [-0.39, 0.29) is 23.2 Å². The molecule has 2 aromatic heterocycles. The van der Waals surface area contributed by atoms with Crippen LogP contribution in [0, 0.1) is 17.8 Å². The number of hydrogen-bond donors (Lipinski definition) is 2. The highest BCUT2D eigenvalue weighted by Gasteiger charge is 2.47. The Hall–Kier alpha value is -2.15. The van der Waals surface area contributed by atoms with E-state index >= 15 is 0 Å². The third-order valence-corrected chi connectivity index (χ3v) is 5.44. The molecule has 2 aromatic rings. The van der Waals surface area contributed by atoms with Crippen molar-refractivity contribution in [3.05, 3.63) is 30.1 Å². The molecular weight excluding hydrogens is 330 g/mol. The largest absolute Gasteiger partial charge is 0.481 e. The van der Waals surface area contributed by atoms with Crippen molar-refractivity contribution in [2.75, 3.05) is 5.32 Å². The van der Waals surface area contributed by atoms with Crippen LogP contribution in [0.4, 0.5) is 5.82 Å². The lowest BCUT2D eigenvalue weighted by Crippen LogP contribution is -2.51. The maximum absolute atomic E-state index is 11.8. The zero-order valence-electron chi connectivity index (χ0n) is 13.0. The van der Waals surface area contributed by atoms with E-state index in [1.807, 2.05) is 0 Å². The molecule has 0 aromatic carbocycles. The molecule has 126 valence electrons. The molecule has 3 saturated carbocycles. The molecule has 7 nitrogen and oxygen atoms in total. The van der Waals surface area contributed by atoms with Crippen LogP contribution < -0.4 is 5.32 Å². The maximum Gasteiger partial charge on any atom is 0.308 e. The van der Waals surface area contributed by atoms with Gasteiger partial charge in [-0.1, -0.05) is 0 Å². The highest BCUT2D eigenvalue weighted by Crippen LogP contribution is 2.46. The quantitative estimate of drug-likeness (QED) is 0.826. The molecular formula is C16H18ClN5O2. The number of rotatable bonds is 4. The molecule has 2 unspecified atom stereocenters. The summed E-state index contributed by atoms with van der Waals surface area (Å²) in [6.07, 6.45) is 9.20. The van der Waals surface area contributed by atoms with Gasteiger partial charge in [0.05, 0.1) is 5.92 Å². The number of fused-ring (bicyclic) bond motifs is 3. The number of halogens is 1. The van der Waals surface area contributed by atoms with Crippen LogP contribution in [0.3, 0.4) is 0 Å². The summed E-state index contributed by atoms with van der Waals surface area (Å²) in [4.78, 5) is 24.2. The second kappa shape index (κ2) is 6.05. The fraction of sp³-hybridized carbons (Fsp3) is 0.500. The minimum atomic E-state index is -0.725. The summed E-state index contributed by atoms with van der Waals surface area (Å²) in [5, 5.41) is 13.1. The molecule has 0 amide bonds. The first-order valence-electron chi connectivity index (χ1n) is 8.14. The van der Waals surface area contributed by atoms with Crippen molar-refractivity contribution in [3.8, 4) is 5.82 Å². The molecule has 3 fully saturated rings. The molecule has 2 atom stereocenters. The number of carbonyl (C=O) groups is 1. The summed E-state index contributed by atoms with van der Waals surface area (Å²) in [6, 6.07) is 1.66. The number of carboxylic acids is 1. The summed E-state index contributed by atoms with van der Waals surface area (Å²) < 4.78 is 1.74. The topological polar surface area (TPSA) is 92.9 Å². The molecule has 8 heteroatoms. The number of nitrogens with zero attached hydrogens (tertiary/aromatic N) is 4. The molecule has 0 radical (unpaired) electrons. The van der Waals surface area contributed by atoms with Crippen LogP contribution in [-0.4, -0.2) is 36.6 Å². The van der Waals surface area contributed by atoms with E-state index in [4.69, 9.17) is 11.6 Å². The third kappa shape index (κ3) is 2.73. The smallest absolute Gasteiger partial charge is 0.308 e. The molecule has 3 aliphatic rings. The Balaban J connectivity index is 1.63. The number of nitrogens with one attached hydrogen (secondary N) is 1. The molecule has 5 rings (SSSR count). The van der Waals surface area contributed by atoms with Crippen molar-refractivity contribution < 1.29 is 9.90 Å². The van der Waals surface area contributed by atoms with Gasteiger partial charge in [0.2, 0.25) is 5.28 Å². The van der Waals surface area contributed by atoms with E-state index in [9.17, 15) is 9.90 Å². The number of imidazole rings is 1. The minimum absolute atomic E-state index is 0.114. The van der Waals surface area contributed by atoms with Crippen molar-refractivity contribution >= 4 is 23.4 Å². The predicted octanol–water partition coefficient (Wildman–Crippen LogP) is 2.62. The average molecular weight is 348 g/mol. The minimum Gasteiger partial charge on any atom is -0.481 e. The molecule has 0 saturated heterocycles. The van der Waals surface area contributed by atoms with Gasteiger partial charge in [0.1, 0.15) is 18.0 Å². The summed E-state index contributed by atoms with van der Waals surface area (Å²) in [5.41, 5.74) is 0. The van der Waals surface area contributed by atoms with Gasteiger partial charge in [0, 0.05) is 24.5 Å². The number of aromatic nitrogens is 4. The first kappa shape index (κ1) is 15.4. The van der Waals surface area contributed by atoms with E-state index < -0.39 is 5.97 Å². The standard InChI is InChI=1S/C16H18ClN5O2/c17-16-20-11(7-12(21-16)22-6-5-18-8-22)19-14-10-3-1-9(2-4-10)13(14)15(23)24/h5-10,13-14H,1-4H2,(H,23,24)(H,19,20,21). The van der Waals surface area contributed by atoms with Crippen LogP contribution in [0.25, 0.3) is 5.82 Å². The zero-order chi connectivity index (χ0) is 16.7. The SMILES string of the molecule is O=C(O)C1C2CCC(CC2)C1Nc1cc(-n2ccnc2)nc(Cl)n1. The lowest BCUT2D eigenvalue weighted by atomic mass is 9.61. The maximum atomic E-state index is 11.8. The summed E-state index contributed by atoms with van der Waals surface area (Å²) in [6.45, 7) is 0. The fourth-order valence-corrected chi connectivity index (χ4v) is 4.37. The monoisotopic (exact) mass is 347 g/mol. The summed E-state index contributed by atoms with van der Waals surface area (Å²) in [5.74, 6) is 0.669. The number of aliphatic carboxylic acids is 1. The van der Waals surface area contributed by atoms with E-state index in [1.54, 1.807) is 29.4 Å². The van der Waals surface area contributed by atoms with Gasteiger partial charge in [0.25, 0.3) is 0 Å². The van der Waals surface area contributed by atoms with E-state index in [2.05, 4.69) is 20.3 Å². The third-order valence-electron chi connectivity index (χ3n) is 5.27. The second-order valence-electron chi connectivity index (χ2n) is 6.56. The van der Waals surface area contributed by atoms with Crippen LogP contribution in [0.5, 0.6) is 0 Å². The first-order valence-corrected chi connectivity index (χ1v) is 8.52. The lowest BCUT2D eigenvalue weighted by molar-refractivity contribution is -0.148. The fourth-order valence-electron chi connectivity index (χ4n) is 4.19. The van der Waals surface area contributed by atoms with Crippen molar-refractivity contribution in [2.45, 2.75) is 31.7 Å². The summed E-state index contributed by atoms with van der Waals surface area (Å²) in [7, 11) is 0. The Morgan fingerprint density at radius 1 is 1.25 bits per heavy atom. The Kier molecular flexibility index (Phi) is 3.88. The molecule has 2 heterocycles. The molecule has 0 aliphatic heterocycles. The average Bonchev–Trinajstić information content (AvgIpc) is 3.09. The second-order valence-corrected chi connectivity index (χ2v) is 6.90. The highest BCUT2D eigenvalue weighted by molar-refractivity contribution is 6.28. The van der Waals surface area contributed by atoms with Crippen molar-refractivity contribution in [1.82, 2.24) is 19.5 Å². The summed E-state index contributed by atoms with van der Waals surface area (Å²) >= 11 is 6.05. The van der Waals surface area contributed by atoms with Gasteiger partial charge in [-0.3, -0.25) is 9.36 Å². The molecule has 0 spiro atoms. The molecule has 24 heavy (non-hydrogen) atoms. The van der Waals surface area contributed by atoms with Gasteiger partial charge >= 0.3 is 5.97 Å². The van der Waals surface area contributed by atoms with E-state index in [0.29, 0.717) is 17.6 Å². The van der Waals surface area contributed by atoms with Gasteiger partial charge in [-0.15, -0.1) is 0 Å². The van der Waals surface area contributed by atoms with E-state index in [0.717, 1.165) is 25.7 Å². The van der Waals surface area contributed by atoms with Crippen LogP contribution >= 0.6 is 11.6 Å². The Morgan fingerprint density at radius 2 is 2.00 bits per heavy atom. The number of hydrogen-bond acceptors (Lipinski definition) is 5. The highest BCUT2D eigenvalue weighted by atomic mass is 35.5. The normalized spacial score (nSPS) is 28.7. The van der Waals surface area contributed by atoms with E-state index in [1.165, 1.54) is 0 Å². The van der Waals surface area contributed by atoms with Gasteiger partial charge < -0.3 is 10.4 Å². The Morgan fingerprint density at radius 3 is 2.67 bits per heavy atom. The first-order chi connectivity index (χ1) is 11.6.